The lowest BCUT2D eigenvalue weighted by Crippen LogP contribution is -2.29. The minimum atomic E-state index is -0.342. The maximum Gasteiger partial charge on any atom is 0.256 e. The van der Waals surface area contributed by atoms with Crippen molar-refractivity contribution in [3.63, 3.8) is 0 Å². The number of aromatic amines is 1. The third kappa shape index (κ3) is 2.70. The molecule has 1 aromatic rings. The predicted octanol–water partition coefficient (Wildman–Crippen LogP) is 0.808. The number of pyridine rings is 1. The summed E-state index contributed by atoms with van der Waals surface area (Å²) in [6.07, 6.45) is 1.43. The Hall–Kier alpha value is -1.10. The molecule has 1 rings (SSSR count). The van der Waals surface area contributed by atoms with Crippen molar-refractivity contribution in [2.24, 2.45) is 0 Å². The van der Waals surface area contributed by atoms with Crippen LogP contribution in [0.5, 0.6) is 0 Å². The van der Waals surface area contributed by atoms with Gasteiger partial charge >= 0.3 is 0 Å². The molecule has 0 atom stereocenters. The van der Waals surface area contributed by atoms with Gasteiger partial charge in [0.15, 0.2) is 5.43 Å². The summed E-state index contributed by atoms with van der Waals surface area (Å²) in [5, 5.41) is 3.27. The van der Waals surface area contributed by atoms with Gasteiger partial charge in [-0.2, -0.15) is 0 Å². The first-order valence-corrected chi connectivity index (χ1v) is 5.31. The van der Waals surface area contributed by atoms with Gasteiger partial charge in [-0.25, -0.2) is 0 Å². The number of H-pyrrole nitrogens is 1. The van der Waals surface area contributed by atoms with E-state index in [1.165, 1.54) is 12.3 Å². The third-order valence-corrected chi connectivity index (χ3v) is 2.08. The van der Waals surface area contributed by atoms with E-state index in [0.717, 1.165) is 5.69 Å². The number of nitrogens with one attached hydrogen (secondary N) is 2. The molecule has 0 bridgehead atoms. The average molecular weight is 259 g/mol. The van der Waals surface area contributed by atoms with Crippen LogP contribution in [-0.4, -0.2) is 22.8 Å². The average Bonchev–Trinajstić information content (AvgIpc) is 2.14. The van der Waals surface area contributed by atoms with Crippen molar-refractivity contribution in [3.05, 3.63) is 33.7 Å². The Balaban J connectivity index is 2.85. The van der Waals surface area contributed by atoms with Crippen LogP contribution in [0.2, 0.25) is 0 Å². The van der Waals surface area contributed by atoms with Gasteiger partial charge in [0.2, 0.25) is 0 Å². The van der Waals surface area contributed by atoms with E-state index in [2.05, 4.69) is 26.2 Å². The quantitative estimate of drug-likeness (QED) is 0.789. The van der Waals surface area contributed by atoms with Gasteiger partial charge < -0.3 is 10.3 Å². The molecule has 14 heavy (non-hydrogen) atoms. The lowest BCUT2D eigenvalue weighted by Gasteiger charge is -2.02. The number of alkyl halides is 1. The number of carbonyl (C=O) groups excluding carboxylic acids is 1. The van der Waals surface area contributed by atoms with Gasteiger partial charge in [-0.15, -0.1) is 0 Å². The van der Waals surface area contributed by atoms with Crippen LogP contribution in [0.15, 0.2) is 17.1 Å². The summed E-state index contributed by atoms with van der Waals surface area (Å²) < 4.78 is 0. The second-order valence-electron chi connectivity index (χ2n) is 2.84. The van der Waals surface area contributed by atoms with Gasteiger partial charge in [0.1, 0.15) is 5.56 Å². The molecule has 0 radical (unpaired) electrons. The van der Waals surface area contributed by atoms with Gasteiger partial charge in [-0.1, -0.05) is 15.9 Å². The van der Waals surface area contributed by atoms with E-state index in [-0.39, 0.29) is 16.9 Å². The van der Waals surface area contributed by atoms with Crippen LogP contribution in [0, 0.1) is 6.92 Å². The minimum Gasteiger partial charge on any atom is -0.364 e. The Kier molecular flexibility index (Phi) is 3.88. The fraction of sp³-hybridized carbons (Fsp3) is 0.333. The summed E-state index contributed by atoms with van der Waals surface area (Å²) in [5.41, 5.74) is 0.636. The SMILES string of the molecule is Cc1cc(=O)c(C(=O)NCCBr)c[nH]1. The monoisotopic (exact) mass is 258 g/mol. The van der Waals surface area contributed by atoms with Gasteiger partial charge in [-0.05, 0) is 6.92 Å². The first-order valence-electron chi connectivity index (χ1n) is 4.18. The molecule has 76 valence electrons. The molecule has 0 aliphatic heterocycles. The Bertz CT molecular complexity index is 387. The molecule has 0 unspecified atom stereocenters. The molecule has 0 aromatic carbocycles. The molecule has 1 heterocycles. The predicted molar refractivity (Wildman–Crippen MR) is 57.9 cm³/mol. The molecule has 0 saturated heterocycles. The first kappa shape index (κ1) is 11.0. The summed E-state index contributed by atoms with van der Waals surface area (Å²) in [7, 11) is 0. The highest BCUT2D eigenvalue weighted by atomic mass is 79.9. The van der Waals surface area contributed by atoms with Crippen LogP contribution in [0.1, 0.15) is 16.1 Å². The molecule has 0 saturated carbocycles. The van der Waals surface area contributed by atoms with Gasteiger partial charge in [-0.3, -0.25) is 9.59 Å². The summed E-state index contributed by atoms with van der Waals surface area (Å²) in [5.74, 6) is -0.342. The van der Waals surface area contributed by atoms with E-state index in [1.54, 1.807) is 6.92 Å². The van der Waals surface area contributed by atoms with E-state index in [0.29, 0.717) is 11.9 Å². The van der Waals surface area contributed by atoms with Crippen molar-refractivity contribution >= 4 is 21.8 Å². The number of hydrogen-bond acceptors (Lipinski definition) is 2. The molecule has 1 amide bonds. The number of aromatic nitrogens is 1. The molecule has 0 aliphatic rings. The van der Waals surface area contributed by atoms with Gasteiger partial charge in [0, 0.05) is 29.8 Å². The zero-order chi connectivity index (χ0) is 10.6. The molecule has 0 spiro atoms. The number of amides is 1. The molecular weight excluding hydrogens is 248 g/mol. The largest absolute Gasteiger partial charge is 0.364 e. The van der Waals surface area contributed by atoms with Crippen LogP contribution in [0.25, 0.3) is 0 Å². The van der Waals surface area contributed by atoms with Crippen LogP contribution < -0.4 is 10.7 Å². The Morgan fingerprint density at radius 3 is 2.93 bits per heavy atom. The number of rotatable bonds is 3. The standard InChI is InChI=1S/C9H11BrN2O2/c1-6-4-8(13)7(5-12-6)9(14)11-3-2-10/h4-5H,2-3H2,1H3,(H,11,14)(H,12,13). The lowest BCUT2D eigenvalue weighted by atomic mass is 10.2. The topological polar surface area (TPSA) is 62.0 Å². The van der Waals surface area contributed by atoms with E-state index < -0.39 is 0 Å². The number of carbonyl (C=O) groups is 1. The van der Waals surface area contributed by atoms with E-state index in [9.17, 15) is 9.59 Å². The highest BCUT2D eigenvalue weighted by molar-refractivity contribution is 9.09. The van der Waals surface area contributed by atoms with Crippen molar-refractivity contribution in [3.8, 4) is 0 Å². The highest BCUT2D eigenvalue weighted by Crippen LogP contribution is 1.92. The first-order chi connectivity index (χ1) is 6.65. The molecular formula is C9H11BrN2O2. The third-order valence-electron chi connectivity index (χ3n) is 1.68. The van der Waals surface area contributed by atoms with Crippen molar-refractivity contribution < 1.29 is 4.79 Å². The van der Waals surface area contributed by atoms with E-state index in [4.69, 9.17) is 0 Å². The normalized spacial score (nSPS) is 9.86. The molecule has 0 fully saturated rings. The summed E-state index contributed by atoms with van der Waals surface area (Å²) in [6.45, 7) is 2.27. The number of aryl methyl sites for hydroxylation is 1. The van der Waals surface area contributed by atoms with Crippen LogP contribution >= 0.6 is 15.9 Å². The zero-order valence-corrected chi connectivity index (χ0v) is 9.35. The van der Waals surface area contributed by atoms with Crippen LogP contribution in [0.3, 0.4) is 0 Å². The molecule has 1 aromatic heterocycles. The second kappa shape index (κ2) is 4.95. The Morgan fingerprint density at radius 2 is 2.36 bits per heavy atom. The fourth-order valence-corrected chi connectivity index (χ4v) is 1.20. The summed E-state index contributed by atoms with van der Waals surface area (Å²) >= 11 is 3.18. The van der Waals surface area contributed by atoms with Crippen molar-refractivity contribution in [1.82, 2.24) is 10.3 Å². The molecule has 5 heteroatoms. The van der Waals surface area contributed by atoms with E-state index >= 15 is 0 Å². The molecule has 4 nitrogen and oxygen atoms in total. The van der Waals surface area contributed by atoms with Crippen molar-refractivity contribution in [2.45, 2.75) is 6.92 Å². The van der Waals surface area contributed by atoms with Crippen LogP contribution in [-0.2, 0) is 0 Å². The van der Waals surface area contributed by atoms with Crippen LogP contribution in [0.4, 0.5) is 0 Å². The van der Waals surface area contributed by atoms with Crippen molar-refractivity contribution in [1.29, 1.82) is 0 Å². The Labute approximate surface area is 89.9 Å². The zero-order valence-electron chi connectivity index (χ0n) is 7.76. The van der Waals surface area contributed by atoms with E-state index in [1.807, 2.05) is 0 Å². The molecule has 2 N–H and O–H groups in total. The van der Waals surface area contributed by atoms with Gasteiger partial charge in [0.25, 0.3) is 5.91 Å². The number of hydrogen-bond donors (Lipinski definition) is 2. The minimum absolute atomic E-state index is 0.150. The maximum absolute atomic E-state index is 11.4. The summed E-state index contributed by atoms with van der Waals surface area (Å²) in [4.78, 5) is 25.6. The van der Waals surface area contributed by atoms with Gasteiger partial charge in [0.05, 0.1) is 0 Å². The Morgan fingerprint density at radius 1 is 1.64 bits per heavy atom. The van der Waals surface area contributed by atoms with Crippen molar-refractivity contribution in [2.75, 3.05) is 11.9 Å². The highest BCUT2D eigenvalue weighted by Gasteiger charge is 2.08. The fourth-order valence-electron chi connectivity index (χ4n) is 1.01. The maximum atomic E-state index is 11.4. The molecule has 0 aliphatic carbocycles. The second-order valence-corrected chi connectivity index (χ2v) is 3.63. The summed E-state index contributed by atoms with van der Waals surface area (Å²) in [6, 6.07) is 1.41. The lowest BCUT2D eigenvalue weighted by molar-refractivity contribution is 0.0955. The number of halogens is 1. The smallest absolute Gasteiger partial charge is 0.256 e.